The summed E-state index contributed by atoms with van der Waals surface area (Å²) in [7, 11) is 0. The standard InChI is InChI=1S/C11H20N2O3/c1-4-16-12-11(15)9-5-10(14)13(7-9)6-8(2)3/h8-9H,4-7H2,1-3H3,(H,12,15)/t9-/m1/s1. The molecular formula is C11H20N2O3. The summed E-state index contributed by atoms with van der Waals surface area (Å²) in [5.74, 6) is 0.0299. The highest BCUT2D eigenvalue weighted by atomic mass is 16.6. The summed E-state index contributed by atoms with van der Waals surface area (Å²) in [4.78, 5) is 29.8. The Hall–Kier alpha value is -1.10. The number of hydroxylamine groups is 1. The number of nitrogens with zero attached hydrogens (tertiary/aromatic N) is 1. The van der Waals surface area contributed by atoms with Crippen LogP contribution in [0.3, 0.4) is 0 Å². The lowest BCUT2D eigenvalue weighted by Crippen LogP contribution is -2.34. The minimum absolute atomic E-state index is 0.0605. The normalized spacial score (nSPS) is 20.6. The molecule has 0 unspecified atom stereocenters. The van der Waals surface area contributed by atoms with E-state index in [1.807, 2.05) is 0 Å². The van der Waals surface area contributed by atoms with Gasteiger partial charge in [0.15, 0.2) is 0 Å². The number of rotatable bonds is 5. The van der Waals surface area contributed by atoms with E-state index in [1.54, 1.807) is 11.8 Å². The molecule has 1 saturated heterocycles. The number of hydrogen-bond acceptors (Lipinski definition) is 3. The van der Waals surface area contributed by atoms with Crippen molar-refractivity contribution in [1.29, 1.82) is 0 Å². The lowest BCUT2D eigenvalue weighted by atomic mass is 10.1. The van der Waals surface area contributed by atoms with Gasteiger partial charge in [-0.2, -0.15) is 0 Å². The predicted molar refractivity (Wildman–Crippen MR) is 59.3 cm³/mol. The Kier molecular flexibility index (Phi) is 4.73. The van der Waals surface area contributed by atoms with Crippen LogP contribution in [-0.4, -0.2) is 36.4 Å². The van der Waals surface area contributed by atoms with Crippen molar-refractivity contribution in [2.24, 2.45) is 11.8 Å². The van der Waals surface area contributed by atoms with Gasteiger partial charge in [-0.3, -0.25) is 14.4 Å². The molecule has 1 heterocycles. The minimum atomic E-state index is -0.266. The van der Waals surface area contributed by atoms with Crippen LogP contribution in [0, 0.1) is 11.8 Å². The van der Waals surface area contributed by atoms with Crippen molar-refractivity contribution in [3.05, 3.63) is 0 Å². The fraction of sp³-hybridized carbons (Fsp3) is 0.818. The molecule has 5 nitrogen and oxygen atoms in total. The van der Waals surface area contributed by atoms with Gasteiger partial charge in [0.25, 0.3) is 0 Å². The fourth-order valence-electron chi connectivity index (χ4n) is 1.79. The van der Waals surface area contributed by atoms with Crippen LogP contribution in [-0.2, 0) is 14.4 Å². The lowest BCUT2D eigenvalue weighted by molar-refractivity contribution is -0.137. The van der Waals surface area contributed by atoms with E-state index >= 15 is 0 Å². The van der Waals surface area contributed by atoms with Gasteiger partial charge in [0.1, 0.15) is 0 Å². The van der Waals surface area contributed by atoms with Gasteiger partial charge < -0.3 is 4.90 Å². The Balaban J connectivity index is 2.43. The monoisotopic (exact) mass is 228 g/mol. The average molecular weight is 228 g/mol. The smallest absolute Gasteiger partial charge is 0.248 e. The van der Waals surface area contributed by atoms with E-state index in [-0.39, 0.29) is 17.7 Å². The van der Waals surface area contributed by atoms with Gasteiger partial charge in [-0.1, -0.05) is 13.8 Å². The van der Waals surface area contributed by atoms with E-state index < -0.39 is 0 Å². The van der Waals surface area contributed by atoms with Crippen LogP contribution in [0.2, 0.25) is 0 Å². The molecule has 1 atom stereocenters. The van der Waals surface area contributed by atoms with Crippen molar-refractivity contribution in [2.75, 3.05) is 19.7 Å². The molecule has 16 heavy (non-hydrogen) atoms. The summed E-state index contributed by atoms with van der Waals surface area (Å²) in [6, 6.07) is 0. The third-order valence-electron chi connectivity index (χ3n) is 2.49. The number of nitrogens with one attached hydrogen (secondary N) is 1. The zero-order chi connectivity index (χ0) is 12.1. The maximum Gasteiger partial charge on any atom is 0.248 e. The molecule has 0 bridgehead atoms. The first-order valence-electron chi connectivity index (χ1n) is 5.74. The van der Waals surface area contributed by atoms with E-state index in [9.17, 15) is 9.59 Å². The first-order chi connectivity index (χ1) is 7.54. The molecule has 2 amide bonds. The van der Waals surface area contributed by atoms with Crippen molar-refractivity contribution < 1.29 is 14.4 Å². The summed E-state index contributed by atoms with van der Waals surface area (Å²) < 4.78 is 0. The quantitative estimate of drug-likeness (QED) is 0.699. The number of carbonyl (C=O) groups excluding carboxylic acids is 2. The van der Waals surface area contributed by atoms with Crippen LogP contribution in [0.15, 0.2) is 0 Å². The molecule has 1 fully saturated rings. The van der Waals surface area contributed by atoms with Crippen molar-refractivity contribution in [1.82, 2.24) is 10.4 Å². The fourth-order valence-corrected chi connectivity index (χ4v) is 1.79. The maximum atomic E-state index is 11.6. The second-order valence-electron chi connectivity index (χ2n) is 4.49. The highest BCUT2D eigenvalue weighted by Crippen LogP contribution is 2.18. The Bertz CT molecular complexity index is 266. The van der Waals surface area contributed by atoms with Gasteiger partial charge in [-0.05, 0) is 12.8 Å². The van der Waals surface area contributed by atoms with Crippen LogP contribution in [0.5, 0.6) is 0 Å². The number of amides is 2. The predicted octanol–water partition coefficient (Wildman–Crippen LogP) is 0.559. The summed E-state index contributed by atoms with van der Waals surface area (Å²) in [5, 5.41) is 0. The van der Waals surface area contributed by atoms with E-state index in [1.165, 1.54) is 0 Å². The molecule has 0 saturated carbocycles. The molecule has 0 aromatic carbocycles. The lowest BCUT2D eigenvalue weighted by Gasteiger charge is -2.18. The molecule has 5 heteroatoms. The van der Waals surface area contributed by atoms with Crippen molar-refractivity contribution in [3.8, 4) is 0 Å². The average Bonchev–Trinajstić information content (AvgIpc) is 2.56. The number of hydrogen-bond donors (Lipinski definition) is 1. The van der Waals surface area contributed by atoms with E-state index in [0.717, 1.165) is 6.54 Å². The van der Waals surface area contributed by atoms with Crippen LogP contribution in [0.4, 0.5) is 0 Å². The summed E-state index contributed by atoms with van der Waals surface area (Å²) in [6.07, 6.45) is 0.297. The second-order valence-corrected chi connectivity index (χ2v) is 4.49. The highest BCUT2D eigenvalue weighted by molar-refractivity contribution is 5.88. The molecule has 0 spiro atoms. The van der Waals surface area contributed by atoms with Gasteiger partial charge in [0, 0.05) is 19.5 Å². The van der Waals surface area contributed by atoms with Crippen molar-refractivity contribution in [3.63, 3.8) is 0 Å². The highest BCUT2D eigenvalue weighted by Gasteiger charge is 2.34. The Morgan fingerprint density at radius 3 is 2.88 bits per heavy atom. The van der Waals surface area contributed by atoms with E-state index in [4.69, 9.17) is 4.84 Å². The largest absolute Gasteiger partial charge is 0.342 e. The summed E-state index contributed by atoms with van der Waals surface area (Å²) in [6.45, 7) is 7.57. The Morgan fingerprint density at radius 1 is 1.62 bits per heavy atom. The molecular weight excluding hydrogens is 208 g/mol. The topological polar surface area (TPSA) is 58.6 Å². The first-order valence-corrected chi connectivity index (χ1v) is 5.74. The summed E-state index contributed by atoms with van der Waals surface area (Å²) >= 11 is 0. The third kappa shape index (κ3) is 3.48. The van der Waals surface area contributed by atoms with Gasteiger partial charge in [-0.15, -0.1) is 0 Å². The van der Waals surface area contributed by atoms with E-state index in [2.05, 4.69) is 19.3 Å². The maximum absolute atomic E-state index is 11.6. The van der Waals surface area contributed by atoms with Crippen LogP contribution in [0.1, 0.15) is 27.2 Å². The SMILES string of the molecule is CCONC(=O)[C@@H]1CC(=O)N(CC(C)C)C1. The Labute approximate surface area is 96.1 Å². The van der Waals surface area contributed by atoms with Crippen molar-refractivity contribution in [2.45, 2.75) is 27.2 Å². The molecule has 1 aliphatic heterocycles. The van der Waals surface area contributed by atoms with Crippen LogP contribution >= 0.6 is 0 Å². The first kappa shape index (κ1) is 13.0. The molecule has 0 aromatic rings. The van der Waals surface area contributed by atoms with Gasteiger partial charge in [0.05, 0.1) is 12.5 Å². The molecule has 1 N–H and O–H groups in total. The summed E-state index contributed by atoms with van der Waals surface area (Å²) in [5.41, 5.74) is 2.35. The molecule has 1 aliphatic rings. The number of carbonyl (C=O) groups is 2. The molecule has 1 rings (SSSR count). The van der Waals surface area contributed by atoms with Gasteiger partial charge in [-0.25, -0.2) is 5.48 Å². The van der Waals surface area contributed by atoms with Gasteiger partial charge >= 0.3 is 0 Å². The second kappa shape index (κ2) is 5.84. The number of likely N-dealkylation sites (tertiary alicyclic amines) is 1. The van der Waals surface area contributed by atoms with E-state index in [0.29, 0.717) is 25.5 Å². The molecule has 0 aliphatic carbocycles. The zero-order valence-corrected chi connectivity index (χ0v) is 10.2. The van der Waals surface area contributed by atoms with Gasteiger partial charge in [0.2, 0.25) is 11.8 Å². The van der Waals surface area contributed by atoms with Crippen LogP contribution in [0.25, 0.3) is 0 Å². The molecule has 92 valence electrons. The van der Waals surface area contributed by atoms with Crippen LogP contribution < -0.4 is 5.48 Å². The Morgan fingerprint density at radius 2 is 2.31 bits per heavy atom. The van der Waals surface area contributed by atoms with Crippen molar-refractivity contribution >= 4 is 11.8 Å². The molecule has 0 radical (unpaired) electrons. The minimum Gasteiger partial charge on any atom is -0.342 e. The third-order valence-corrected chi connectivity index (χ3v) is 2.49. The molecule has 0 aromatic heterocycles. The zero-order valence-electron chi connectivity index (χ0n) is 10.2.